The van der Waals surface area contributed by atoms with Crippen LogP contribution in [0.1, 0.15) is 40.1 Å². The van der Waals surface area contributed by atoms with Gasteiger partial charge in [-0.1, -0.05) is 0 Å². The van der Waals surface area contributed by atoms with Crippen molar-refractivity contribution in [3.05, 3.63) is 82.6 Å². The lowest BCUT2D eigenvalue weighted by molar-refractivity contribution is -0.141. The molecule has 1 aromatic carbocycles. The van der Waals surface area contributed by atoms with Gasteiger partial charge in [0.15, 0.2) is 23.1 Å². The van der Waals surface area contributed by atoms with Gasteiger partial charge in [0.1, 0.15) is 18.2 Å². The number of halogens is 4. The van der Waals surface area contributed by atoms with Crippen molar-refractivity contribution in [1.29, 1.82) is 0 Å². The second kappa shape index (κ2) is 11.4. The number of hydrogen-bond acceptors (Lipinski definition) is 7. The van der Waals surface area contributed by atoms with Gasteiger partial charge < -0.3 is 24.6 Å². The van der Waals surface area contributed by atoms with Crippen LogP contribution in [0, 0.1) is 12.7 Å². The number of carbonyl (C=O) groups is 2. The standard InChI is InChI=1S/C30H27F4N7O4/c1-3-41-14-23(27(38-41)30(32,33)34)21-8-17(11-39-7-6-35-16(39)2)9-22-25(42)18(15-45-26(21)22)10-19-4-5-24(31)28(36-19)40-12-20(13-40)37-29(43)44/h4-10,14,20,37H,3,11-13,15H2,1-2H3,(H,43,44)/b18-10+. The fourth-order valence-corrected chi connectivity index (χ4v) is 5.40. The van der Waals surface area contributed by atoms with E-state index >= 15 is 0 Å². The second-order valence-corrected chi connectivity index (χ2v) is 10.7. The van der Waals surface area contributed by atoms with Gasteiger partial charge >= 0.3 is 12.3 Å². The molecule has 6 rings (SSSR count). The zero-order chi connectivity index (χ0) is 32.0. The van der Waals surface area contributed by atoms with Crippen LogP contribution in [0.25, 0.3) is 17.2 Å². The minimum absolute atomic E-state index is 0.00487. The highest BCUT2D eigenvalue weighted by Gasteiger charge is 2.39. The summed E-state index contributed by atoms with van der Waals surface area (Å²) in [6.07, 6.45) is 0.135. The number of fused-ring (bicyclic) bond motifs is 1. The first-order valence-electron chi connectivity index (χ1n) is 14.0. The molecule has 234 valence electrons. The summed E-state index contributed by atoms with van der Waals surface area (Å²) in [7, 11) is 0. The van der Waals surface area contributed by atoms with E-state index in [1.165, 1.54) is 29.1 Å². The topological polar surface area (TPSA) is 127 Å². The third kappa shape index (κ3) is 5.84. The molecule has 5 heterocycles. The largest absolute Gasteiger partial charge is 0.487 e. The van der Waals surface area contributed by atoms with Crippen molar-refractivity contribution in [1.82, 2.24) is 29.6 Å². The molecule has 4 aromatic rings. The maximum Gasteiger partial charge on any atom is 0.435 e. The van der Waals surface area contributed by atoms with E-state index < -0.39 is 29.6 Å². The number of ether oxygens (including phenoxy) is 1. The van der Waals surface area contributed by atoms with E-state index in [9.17, 15) is 27.2 Å². The fraction of sp³-hybridized carbons (Fsp3) is 0.300. The lowest BCUT2D eigenvalue weighted by Crippen LogP contribution is -2.59. The summed E-state index contributed by atoms with van der Waals surface area (Å²) >= 11 is 0. The first-order chi connectivity index (χ1) is 21.4. The molecule has 0 spiro atoms. The van der Waals surface area contributed by atoms with E-state index in [1.807, 2.05) is 0 Å². The van der Waals surface area contributed by atoms with Gasteiger partial charge in [-0.25, -0.2) is 19.2 Å². The summed E-state index contributed by atoms with van der Waals surface area (Å²) in [5, 5.41) is 15.0. The van der Waals surface area contributed by atoms with Crippen LogP contribution in [0.4, 0.5) is 28.2 Å². The number of anilines is 1. The van der Waals surface area contributed by atoms with Crippen LogP contribution < -0.4 is 15.0 Å². The van der Waals surface area contributed by atoms with E-state index in [2.05, 4.69) is 20.4 Å². The normalized spacial score (nSPS) is 16.0. The average Bonchev–Trinajstić information content (AvgIpc) is 3.59. The lowest BCUT2D eigenvalue weighted by atomic mass is 9.91. The van der Waals surface area contributed by atoms with Crippen molar-refractivity contribution in [2.75, 3.05) is 24.6 Å². The molecule has 1 saturated heterocycles. The van der Waals surface area contributed by atoms with Crippen molar-refractivity contribution in [2.45, 2.75) is 39.2 Å². The number of Topliss-reactive ketones (excluding diaryl/α,β-unsaturated/α-hetero) is 1. The third-order valence-corrected chi connectivity index (χ3v) is 7.66. The van der Waals surface area contributed by atoms with Crippen molar-refractivity contribution in [3.8, 4) is 16.9 Å². The number of nitrogens with one attached hydrogen (secondary N) is 1. The molecule has 2 aliphatic heterocycles. The zero-order valence-electron chi connectivity index (χ0n) is 24.1. The molecule has 2 N–H and O–H groups in total. The molecular weight excluding hydrogens is 598 g/mol. The number of pyridine rings is 1. The number of amides is 1. The summed E-state index contributed by atoms with van der Waals surface area (Å²) < 4.78 is 65.9. The van der Waals surface area contributed by atoms with Gasteiger partial charge in [-0.2, -0.15) is 18.3 Å². The Morgan fingerprint density at radius 1 is 1.20 bits per heavy atom. The smallest absolute Gasteiger partial charge is 0.435 e. The molecule has 1 amide bonds. The van der Waals surface area contributed by atoms with Crippen LogP contribution >= 0.6 is 0 Å². The van der Waals surface area contributed by atoms with Gasteiger partial charge in [-0.05, 0) is 49.8 Å². The Morgan fingerprint density at radius 3 is 2.62 bits per heavy atom. The number of ketones is 1. The van der Waals surface area contributed by atoms with Crippen LogP contribution in [0.2, 0.25) is 0 Å². The molecule has 0 atom stereocenters. The Balaban J connectivity index is 1.39. The molecule has 0 radical (unpaired) electrons. The number of nitrogens with zero attached hydrogens (tertiary/aromatic N) is 6. The molecule has 0 unspecified atom stereocenters. The summed E-state index contributed by atoms with van der Waals surface area (Å²) in [5.74, 6) is -0.391. The first kappa shape index (κ1) is 29.8. The van der Waals surface area contributed by atoms with Crippen LogP contribution in [-0.2, 0) is 19.3 Å². The Labute approximate surface area is 253 Å². The van der Waals surface area contributed by atoms with E-state index in [1.54, 1.807) is 47.8 Å². The molecule has 3 aromatic heterocycles. The minimum atomic E-state index is -4.75. The number of aryl methyl sites for hydroxylation is 2. The molecule has 45 heavy (non-hydrogen) atoms. The van der Waals surface area contributed by atoms with Gasteiger partial charge in [-0.3, -0.25) is 9.48 Å². The number of carbonyl (C=O) groups excluding carboxylic acids is 1. The average molecular weight is 626 g/mol. The predicted octanol–water partition coefficient (Wildman–Crippen LogP) is 4.79. The molecule has 1 fully saturated rings. The van der Waals surface area contributed by atoms with Gasteiger partial charge in [0.2, 0.25) is 0 Å². The number of imidazole rings is 1. The summed E-state index contributed by atoms with van der Waals surface area (Å²) in [6.45, 7) is 4.08. The van der Waals surface area contributed by atoms with E-state index in [0.29, 0.717) is 11.4 Å². The maximum absolute atomic E-state index is 14.6. The van der Waals surface area contributed by atoms with Gasteiger partial charge in [0, 0.05) is 61.5 Å². The highest BCUT2D eigenvalue weighted by molar-refractivity contribution is 6.15. The van der Waals surface area contributed by atoms with Crippen molar-refractivity contribution in [3.63, 3.8) is 0 Å². The predicted molar refractivity (Wildman–Crippen MR) is 154 cm³/mol. The number of carboxylic acid groups (broad SMARTS) is 1. The van der Waals surface area contributed by atoms with Gasteiger partial charge in [0.25, 0.3) is 0 Å². The molecule has 0 aliphatic carbocycles. The minimum Gasteiger partial charge on any atom is -0.487 e. The van der Waals surface area contributed by atoms with E-state index in [4.69, 9.17) is 9.84 Å². The second-order valence-electron chi connectivity index (χ2n) is 10.7. The Morgan fingerprint density at radius 2 is 1.96 bits per heavy atom. The van der Waals surface area contributed by atoms with E-state index in [0.717, 1.165) is 0 Å². The molecule has 0 bridgehead atoms. The SMILES string of the molecule is CCn1cc(-c2cc(Cn3ccnc3C)cc3c2OC/C(=C\c2ccc(F)c(N4CC(NC(=O)O)C4)n2)C3=O)c(C(F)(F)F)n1. The van der Waals surface area contributed by atoms with Crippen molar-refractivity contribution >= 4 is 23.8 Å². The Bertz CT molecular complexity index is 1840. The first-order valence-corrected chi connectivity index (χ1v) is 14.0. The van der Waals surface area contributed by atoms with Gasteiger partial charge in [0.05, 0.1) is 17.3 Å². The highest BCUT2D eigenvalue weighted by Crippen LogP contribution is 2.44. The summed E-state index contributed by atoms with van der Waals surface area (Å²) in [6, 6.07) is 5.37. The number of rotatable bonds is 7. The number of aromatic nitrogens is 5. The summed E-state index contributed by atoms with van der Waals surface area (Å²) in [5.41, 5.74) is -0.166. The van der Waals surface area contributed by atoms with Crippen molar-refractivity contribution in [2.24, 2.45) is 0 Å². The highest BCUT2D eigenvalue weighted by atomic mass is 19.4. The summed E-state index contributed by atoms with van der Waals surface area (Å²) in [4.78, 5) is 34.9. The molecule has 11 nitrogen and oxygen atoms in total. The van der Waals surface area contributed by atoms with Crippen molar-refractivity contribution < 1.29 is 37.0 Å². The maximum atomic E-state index is 14.6. The Hall–Kier alpha value is -5.21. The van der Waals surface area contributed by atoms with Crippen LogP contribution in [0.5, 0.6) is 5.75 Å². The monoisotopic (exact) mass is 625 g/mol. The third-order valence-electron chi connectivity index (χ3n) is 7.66. The number of hydrogen-bond donors (Lipinski definition) is 2. The molecular formula is C30H27F4N7O4. The quantitative estimate of drug-likeness (QED) is 0.222. The fourth-order valence-electron chi connectivity index (χ4n) is 5.40. The molecule has 0 saturated carbocycles. The van der Waals surface area contributed by atoms with E-state index in [-0.39, 0.29) is 78.4 Å². The van der Waals surface area contributed by atoms with Gasteiger partial charge in [-0.15, -0.1) is 0 Å². The Kier molecular flexibility index (Phi) is 7.54. The zero-order valence-corrected chi connectivity index (χ0v) is 24.1. The molecule has 2 aliphatic rings. The molecule has 15 heteroatoms. The van der Waals surface area contributed by atoms with Crippen LogP contribution in [0.3, 0.4) is 0 Å². The lowest BCUT2D eigenvalue weighted by Gasteiger charge is -2.39. The number of alkyl halides is 3. The number of benzene rings is 1. The van der Waals surface area contributed by atoms with Crippen LogP contribution in [-0.4, -0.2) is 67.0 Å². The van der Waals surface area contributed by atoms with Crippen LogP contribution in [0.15, 0.2) is 48.4 Å².